The Kier molecular flexibility index (Phi) is 5.99. The summed E-state index contributed by atoms with van der Waals surface area (Å²) in [4.78, 5) is 23.9. The number of carbonyl (C=O) groups is 1. The van der Waals surface area contributed by atoms with Crippen molar-refractivity contribution in [3.05, 3.63) is 70.1 Å². The summed E-state index contributed by atoms with van der Waals surface area (Å²) in [5, 5.41) is 3.80. The quantitative estimate of drug-likeness (QED) is 0.631. The van der Waals surface area contributed by atoms with Crippen molar-refractivity contribution in [1.29, 1.82) is 0 Å². The molecule has 3 rings (SSSR count). The first-order valence-electron chi connectivity index (χ1n) is 9.10. The number of nitrogens with one attached hydrogen (secondary N) is 1. The minimum Gasteiger partial charge on any atom is -0.497 e. The van der Waals surface area contributed by atoms with Crippen LogP contribution in [0.1, 0.15) is 30.5 Å². The van der Waals surface area contributed by atoms with Gasteiger partial charge in [0.05, 0.1) is 13.2 Å². The first-order chi connectivity index (χ1) is 13.5. The third-order valence-electron chi connectivity index (χ3n) is 4.55. The second kappa shape index (κ2) is 8.61. The first-order valence-corrected chi connectivity index (χ1v) is 9.10. The lowest BCUT2D eigenvalue weighted by Gasteiger charge is -2.18. The highest BCUT2D eigenvalue weighted by atomic mass is 16.5. The number of carbonyl (C=O) groups excluding carboxylic acids is 1. The van der Waals surface area contributed by atoms with Gasteiger partial charge in [0.25, 0.3) is 5.91 Å². The second-order valence-corrected chi connectivity index (χ2v) is 6.50. The summed E-state index contributed by atoms with van der Waals surface area (Å²) in [7, 11) is 1.62. The third-order valence-corrected chi connectivity index (χ3v) is 4.55. The maximum atomic E-state index is 12.3. The molecule has 146 valence electrons. The van der Waals surface area contributed by atoms with Crippen molar-refractivity contribution in [3.8, 4) is 11.5 Å². The Balaban J connectivity index is 1.64. The van der Waals surface area contributed by atoms with E-state index in [2.05, 4.69) is 5.32 Å². The third kappa shape index (κ3) is 4.52. The van der Waals surface area contributed by atoms with Crippen LogP contribution in [0.2, 0.25) is 0 Å². The summed E-state index contributed by atoms with van der Waals surface area (Å²) < 4.78 is 15.9. The highest BCUT2D eigenvalue weighted by Crippen LogP contribution is 2.23. The summed E-state index contributed by atoms with van der Waals surface area (Å²) in [6, 6.07) is 14.1. The van der Waals surface area contributed by atoms with E-state index < -0.39 is 5.63 Å². The summed E-state index contributed by atoms with van der Waals surface area (Å²) >= 11 is 0. The number of amides is 1. The normalized spacial score (nSPS) is 11.8. The lowest BCUT2D eigenvalue weighted by Crippen LogP contribution is -2.32. The first kappa shape index (κ1) is 19.5. The van der Waals surface area contributed by atoms with E-state index >= 15 is 0 Å². The Morgan fingerprint density at radius 2 is 1.82 bits per heavy atom. The van der Waals surface area contributed by atoms with E-state index in [-0.39, 0.29) is 18.6 Å². The van der Waals surface area contributed by atoms with Crippen molar-refractivity contribution < 1.29 is 18.7 Å². The summed E-state index contributed by atoms with van der Waals surface area (Å²) in [5.41, 5.74) is 1.86. The predicted molar refractivity (Wildman–Crippen MR) is 107 cm³/mol. The van der Waals surface area contributed by atoms with E-state index in [0.29, 0.717) is 11.3 Å². The van der Waals surface area contributed by atoms with Crippen molar-refractivity contribution >= 4 is 16.9 Å². The largest absolute Gasteiger partial charge is 0.497 e. The van der Waals surface area contributed by atoms with Gasteiger partial charge >= 0.3 is 5.63 Å². The molecule has 1 heterocycles. The van der Waals surface area contributed by atoms with Crippen LogP contribution < -0.4 is 20.4 Å². The average Bonchev–Trinajstić information content (AvgIpc) is 2.70. The van der Waals surface area contributed by atoms with E-state index in [1.807, 2.05) is 44.2 Å². The number of fused-ring (bicyclic) bond motifs is 1. The molecule has 28 heavy (non-hydrogen) atoms. The molecule has 6 nitrogen and oxygen atoms in total. The topological polar surface area (TPSA) is 77.8 Å². The molecule has 6 heteroatoms. The van der Waals surface area contributed by atoms with E-state index in [1.165, 1.54) is 6.07 Å². The molecule has 0 saturated carbocycles. The molecule has 2 aromatic carbocycles. The molecule has 0 saturated heterocycles. The van der Waals surface area contributed by atoms with Crippen LogP contribution in [0.4, 0.5) is 0 Å². The van der Waals surface area contributed by atoms with Crippen LogP contribution in [0.25, 0.3) is 11.0 Å². The van der Waals surface area contributed by atoms with Crippen LogP contribution in [0.3, 0.4) is 0 Å². The Morgan fingerprint density at radius 3 is 2.50 bits per heavy atom. The fourth-order valence-corrected chi connectivity index (χ4v) is 3.04. The average molecular weight is 381 g/mol. The van der Waals surface area contributed by atoms with E-state index in [9.17, 15) is 9.59 Å². The molecule has 0 aliphatic heterocycles. The highest BCUT2D eigenvalue weighted by molar-refractivity contribution is 5.82. The number of hydrogen-bond acceptors (Lipinski definition) is 5. The molecular formula is C22H23NO5. The summed E-state index contributed by atoms with van der Waals surface area (Å²) in [6.45, 7) is 3.72. The van der Waals surface area contributed by atoms with Crippen molar-refractivity contribution in [2.24, 2.45) is 0 Å². The van der Waals surface area contributed by atoms with Gasteiger partial charge in [-0.25, -0.2) is 4.79 Å². The molecule has 0 bridgehead atoms. The highest BCUT2D eigenvalue weighted by Gasteiger charge is 2.14. The van der Waals surface area contributed by atoms with Gasteiger partial charge in [0, 0.05) is 17.5 Å². The molecule has 1 amide bonds. The zero-order valence-electron chi connectivity index (χ0n) is 16.2. The number of methoxy groups -OCH3 is 1. The Hall–Kier alpha value is -3.28. The molecule has 0 spiro atoms. The number of benzene rings is 2. The van der Waals surface area contributed by atoms with Gasteiger partial charge in [-0.3, -0.25) is 4.79 Å². The van der Waals surface area contributed by atoms with Gasteiger partial charge in [-0.2, -0.15) is 0 Å². The molecule has 1 aromatic heterocycles. The predicted octanol–water partition coefficient (Wildman–Crippen LogP) is 3.76. The van der Waals surface area contributed by atoms with Gasteiger partial charge in [0.2, 0.25) is 0 Å². The van der Waals surface area contributed by atoms with Crippen LogP contribution in [0.5, 0.6) is 11.5 Å². The number of aryl methyl sites for hydroxylation is 1. The van der Waals surface area contributed by atoms with Crippen LogP contribution in [-0.2, 0) is 4.79 Å². The number of ether oxygens (including phenoxy) is 2. The Labute approximate surface area is 163 Å². The lowest BCUT2D eigenvalue weighted by molar-refractivity contribution is -0.123. The standard InChI is InChI=1S/C22H23NO5/c1-4-19(15-5-7-16(26-3)8-6-15)23-21(24)13-27-17-9-10-18-14(2)11-22(25)28-20(18)12-17/h5-12,19H,4,13H2,1-3H3,(H,23,24)/t19-/m1/s1. The van der Waals surface area contributed by atoms with Gasteiger partial charge in [-0.15, -0.1) is 0 Å². The summed E-state index contributed by atoms with van der Waals surface area (Å²) in [6.07, 6.45) is 0.748. The molecule has 0 aliphatic carbocycles. The smallest absolute Gasteiger partial charge is 0.336 e. The molecule has 0 aliphatic rings. The van der Waals surface area contributed by atoms with Crippen LogP contribution in [-0.4, -0.2) is 19.6 Å². The van der Waals surface area contributed by atoms with Crippen molar-refractivity contribution in [2.75, 3.05) is 13.7 Å². The SMILES string of the molecule is CC[C@@H](NC(=O)COc1ccc2c(C)cc(=O)oc2c1)c1ccc(OC)cc1. The fraction of sp³-hybridized carbons (Fsp3) is 0.273. The molecule has 3 aromatic rings. The van der Waals surface area contributed by atoms with Crippen molar-refractivity contribution in [3.63, 3.8) is 0 Å². The molecule has 0 radical (unpaired) electrons. The van der Waals surface area contributed by atoms with Gasteiger partial charge in [0.15, 0.2) is 6.61 Å². The van der Waals surface area contributed by atoms with Gasteiger partial charge < -0.3 is 19.2 Å². The van der Waals surface area contributed by atoms with E-state index in [0.717, 1.165) is 28.7 Å². The molecule has 1 atom stereocenters. The number of rotatable bonds is 7. The number of hydrogen-bond donors (Lipinski definition) is 1. The van der Waals surface area contributed by atoms with Crippen molar-refractivity contribution in [2.45, 2.75) is 26.3 Å². The maximum absolute atomic E-state index is 12.3. The minimum atomic E-state index is -0.412. The molecule has 1 N–H and O–H groups in total. The zero-order chi connectivity index (χ0) is 20.1. The molecular weight excluding hydrogens is 358 g/mol. The van der Waals surface area contributed by atoms with Crippen LogP contribution in [0, 0.1) is 6.92 Å². The zero-order valence-corrected chi connectivity index (χ0v) is 16.2. The Morgan fingerprint density at radius 1 is 1.11 bits per heavy atom. The monoisotopic (exact) mass is 381 g/mol. The Bertz CT molecular complexity index is 1020. The van der Waals surface area contributed by atoms with Crippen LogP contribution >= 0.6 is 0 Å². The molecule has 0 unspecified atom stereocenters. The molecule has 0 fully saturated rings. The summed E-state index contributed by atoms with van der Waals surface area (Å²) in [5.74, 6) is 1.01. The second-order valence-electron chi connectivity index (χ2n) is 6.50. The van der Waals surface area contributed by atoms with Crippen molar-refractivity contribution in [1.82, 2.24) is 5.32 Å². The van der Waals surface area contributed by atoms with E-state index in [4.69, 9.17) is 13.9 Å². The van der Waals surface area contributed by atoms with Gasteiger partial charge in [-0.1, -0.05) is 19.1 Å². The maximum Gasteiger partial charge on any atom is 0.336 e. The fourth-order valence-electron chi connectivity index (χ4n) is 3.04. The minimum absolute atomic E-state index is 0.112. The lowest BCUT2D eigenvalue weighted by atomic mass is 10.0. The van der Waals surface area contributed by atoms with E-state index in [1.54, 1.807) is 19.2 Å². The van der Waals surface area contributed by atoms with Gasteiger partial charge in [0.1, 0.15) is 17.1 Å². The van der Waals surface area contributed by atoms with Gasteiger partial charge in [-0.05, 0) is 48.7 Å². The van der Waals surface area contributed by atoms with Crippen LogP contribution in [0.15, 0.2) is 57.7 Å².